The van der Waals surface area contributed by atoms with Gasteiger partial charge in [0.2, 0.25) is 0 Å². The van der Waals surface area contributed by atoms with Crippen LogP contribution in [0.1, 0.15) is 12.5 Å². The first-order valence-corrected chi connectivity index (χ1v) is 9.46. The van der Waals surface area contributed by atoms with Crippen LogP contribution in [0.25, 0.3) is 0 Å². The fourth-order valence-electron chi connectivity index (χ4n) is 3.18. The van der Waals surface area contributed by atoms with Crippen molar-refractivity contribution < 1.29 is 14.3 Å². The first-order chi connectivity index (χ1) is 13.0. The van der Waals surface area contributed by atoms with Gasteiger partial charge in [-0.05, 0) is 61.9 Å². The second-order valence-corrected chi connectivity index (χ2v) is 7.09. The van der Waals surface area contributed by atoms with E-state index in [-0.39, 0.29) is 5.91 Å². The number of halogens is 1. The molecule has 0 spiro atoms. The molecule has 3 rings (SSSR count). The highest BCUT2D eigenvalue weighted by molar-refractivity contribution is 6.31. The number of carbonyl (C=O) groups is 1. The summed E-state index contributed by atoms with van der Waals surface area (Å²) in [6.07, 6.45) is -0.530. The van der Waals surface area contributed by atoms with Crippen LogP contribution in [0.4, 0.5) is 5.69 Å². The Balaban J connectivity index is 1.54. The van der Waals surface area contributed by atoms with Crippen molar-refractivity contribution in [2.24, 2.45) is 0 Å². The predicted octanol–water partition coefficient (Wildman–Crippen LogP) is 3.77. The summed E-state index contributed by atoms with van der Waals surface area (Å²) in [6, 6.07) is 13.4. The van der Waals surface area contributed by atoms with Crippen LogP contribution >= 0.6 is 11.6 Å². The number of piperazine rings is 1. The molecule has 5 nitrogen and oxygen atoms in total. The molecular formula is C21H25ClN2O3. The van der Waals surface area contributed by atoms with E-state index in [0.29, 0.717) is 23.9 Å². The van der Waals surface area contributed by atoms with Crippen molar-refractivity contribution in [3.63, 3.8) is 0 Å². The third-order valence-electron chi connectivity index (χ3n) is 4.82. The normalized spacial score (nSPS) is 15.4. The van der Waals surface area contributed by atoms with Crippen molar-refractivity contribution in [2.45, 2.75) is 20.0 Å². The first kappa shape index (κ1) is 19.4. The van der Waals surface area contributed by atoms with Crippen LogP contribution < -0.4 is 14.4 Å². The molecule has 1 fully saturated rings. The van der Waals surface area contributed by atoms with E-state index in [1.54, 1.807) is 26.2 Å². The maximum Gasteiger partial charge on any atom is 0.263 e. The van der Waals surface area contributed by atoms with Gasteiger partial charge in [-0.2, -0.15) is 0 Å². The number of ether oxygens (including phenoxy) is 2. The van der Waals surface area contributed by atoms with Gasteiger partial charge in [0, 0.05) is 36.9 Å². The van der Waals surface area contributed by atoms with Crippen LogP contribution in [0.3, 0.4) is 0 Å². The number of rotatable bonds is 5. The summed E-state index contributed by atoms with van der Waals surface area (Å²) in [5.41, 5.74) is 2.07. The molecule has 1 aliphatic rings. The highest BCUT2D eigenvalue weighted by Gasteiger charge is 2.26. The van der Waals surface area contributed by atoms with Crippen molar-refractivity contribution in [1.82, 2.24) is 4.90 Å². The average Bonchev–Trinajstić information content (AvgIpc) is 2.70. The summed E-state index contributed by atoms with van der Waals surface area (Å²) in [7, 11) is 1.66. The smallest absolute Gasteiger partial charge is 0.263 e. The number of methoxy groups -OCH3 is 1. The van der Waals surface area contributed by atoms with E-state index in [1.165, 1.54) is 0 Å². The number of carbonyl (C=O) groups excluding carboxylic acids is 1. The van der Waals surface area contributed by atoms with Crippen LogP contribution in [0.5, 0.6) is 11.5 Å². The van der Waals surface area contributed by atoms with Gasteiger partial charge < -0.3 is 19.3 Å². The van der Waals surface area contributed by atoms with E-state index in [9.17, 15) is 4.79 Å². The molecule has 0 aliphatic carbocycles. The number of nitrogens with zero attached hydrogens (tertiary/aromatic N) is 2. The van der Waals surface area contributed by atoms with Crippen molar-refractivity contribution in [2.75, 3.05) is 38.2 Å². The molecule has 0 saturated carbocycles. The lowest BCUT2D eigenvalue weighted by molar-refractivity contribution is -0.138. The standard InChI is InChI=1S/C21H25ClN2O3/c1-15-14-19(8-9-20(15)22)27-16(2)21(25)24-12-10-23(11-13-24)17-4-6-18(26-3)7-5-17/h4-9,14,16H,10-13H2,1-3H3. The molecule has 1 aliphatic heterocycles. The zero-order valence-electron chi connectivity index (χ0n) is 15.9. The SMILES string of the molecule is COc1ccc(N2CCN(C(=O)C(C)Oc3ccc(Cl)c(C)c3)CC2)cc1. The fourth-order valence-corrected chi connectivity index (χ4v) is 3.30. The molecule has 0 aromatic heterocycles. The lowest BCUT2D eigenvalue weighted by Crippen LogP contribution is -2.52. The van der Waals surface area contributed by atoms with E-state index in [4.69, 9.17) is 21.1 Å². The molecule has 144 valence electrons. The van der Waals surface area contributed by atoms with Crippen LogP contribution in [0.2, 0.25) is 5.02 Å². The Morgan fingerprint density at radius 2 is 1.67 bits per heavy atom. The van der Waals surface area contributed by atoms with Gasteiger partial charge in [0.05, 0.1) is 7.11 Å². The number of hydrogen-bond acceptors (Lipinski definition) is 4. The zero-order valence-corrected chi connectivity index (χ0v) is 16.7. The monoisotopic (exact) mass is 388 g/mol. The van der Waals surface area contributed by atoms with Gasteiger partial charge in [0.1, 0.15) is 11.5 Å². The molecule has 1 saturated heterocycles. The Morgan fingerprint density at radius 1 is 1.04 bits per heavy atom. The maximum atomic E-state index is 12.7. The molecule has 1 unspecified atom stereocenters. The quantitative estimate of drug-likeness (QED) is 0.781. The van der Waals surface area contributed by atoms with Gasteiger partial charge >= 0.3 is 0 Å². The van der Waals surface area contributed by atoms with Crippen molar-refractivity contribution in [3.8, 4) is 11.5 Å². The highest BCUT2D eigenvalue weighted by Crippen LogP contribution is 2.23. The Labute approximate surface area is 165 Å². The average molecular weight is 389 g/mol. The third-order valence-corrected chi connectivity index (χ3v) is 5.24. The van der Waals surface area contributed by atoms with Crippen LogP contribution in [0.15, 0.2) is 42.5 Å². The van der Waals surface area contributed by atoms with Crippen molar-refractivity contribution in [1.29, 1.82) is 0 Å². The minimum atomic E-state index is -0.530. The number of benzene rings is 2. The number of aryl methyl sites for hydroxylation is 1. The number of anilines is 1. The molecular weight excluding hydrogens is 364 g/mol. The molecule has 1 heterocycles. The minimum absolute atomic E-state index is 0.0111. The van der Waals surface area contributed by atoms with Gasteiger partial charge in [0.25, 0.3) is 5.91 Å². The fraction of sp³-hybridized carbons (Fsp3) is 0.381. The largest absolute Gasteiger partial charge is 0.497 e. The van der Waals surface area contributed by atoms with Gasteiger partial charge in [-0.25, -0.2) is 0 Å². The van der Waals surface area contributed by atoms with Crippen molar-refractivity contribution >= 4 is 23.2 Å². The Hall–Kier alpha value is -2.40. The summed E-state index contributed by atoms with van der Waals surface area (Å²) < 4.78 is 11.0. The Bertz CT molecular complexity index is 787. The van der Waals surface area contributed by atoms with E-state index in [2.05, 4.69) is 4.90 Å². The molecule has 1 atom stereocenters. The minimum Gasteiger partial charge on any atom is -0.497 e. The second kappa shape index (κ2) is 8.53. The number of hydrogen-bond donors (Lipinski definition) is 0. The molecule has 0 N–H and O–H groups in total. The summed E-state index contributed by atoms with van der Waals surface area (Å²) in [5.74, 6) is 1.52. The molecule has 6 heteroatoms. The van der Waals surface area contributed by atoms with Crippen LogP contribution in [0, 0.1) is 6.92 Å². The van der Waals surface area contributed by atoms with Crippen molar-refractivity contribution in [3.05, 3.63) is 53.1 Å². The van der Waals surface area contributed by atoms with Crippen LogP contribution in [-0.2, 0) is 4.79 Å². The lowest BCUT2D eigenvalue weighted by atomic mass is 10.2. The molecule has 2 aromatic carbocycles. The molecule has 0 radical (unpaired) electrons. The maximum absolute atomic E-state index is 12.7. The summed E-state index contributed by atoms with van der Waals surface area (Å²) in [5, 5.41) is 0.691. The Kier molecular flexibility index (Phi) is 6.11. The summed E-state index contributed by atoms with van der Waals surface area (Å²) in [4.78, 5) is 16.9. The van der Waals surface area contributed by atoms with Gasteiger partial charge in [-0.1, -0.05) is 11.6 Å². The third kappa shape index (κ3) is 4.66. The summed E-state index contributed by atoms with van der Waals surface area (Å²) >= 11 is 6.04. The van der Waals surface area contributed by atoms with Gasteiger partial charge in [0.15, 0.2) is 6.10 Å². The topological polar surface area (TPSA) is 42.0 Å². The van der Waals surface area contributed by atoms with Gasteiger partial charge in [-0.3, -0.25) is 4.79 Å². The highest BCUT2D eigenvalue weighted by atomic mass is 35.5. The predicted molar refractivity (Wildman–Crippen MR) is 108 cm³/mol. The van der Waals surface area contributed by atoms with E-state index >= 15 is 0 Å². The molecule has 2 aromatic rings. The van der Waals surface area contributed by atoms with E-state index in [0.717, 1.165) is 30.1 Å². The number of amides is 1. The molecule has 27 heavy (non-hydrogen) atoms. The lowest BCUT2D eigenvalue weighted by Gasteiger charge is -2.37. The van der Waals surface area contributed by atoms with Gasteiger partial charge in [-0.15, -0.1) is 0 Å². The molecule has 0 bridgehead atoms. The van der Waals surface area contributed by atoms with E-state index < -0.39 is 6.10 Å². The second-order valence-electron chi connectivity index (χ2n) is 6.68. The Morgan fingerprint density at radius 3 is 2.26 bits per heavy atom. The molecule has 1 amide bonds. The van der Waals surface area contributed by atoms with E-state index in [1.807, 2.05) is 42.2 Å². The van der Waals surface area contributed by atoms with Crippen LogP contribution in [-0.4, -0.2) is 50.2 Å². The summed E-state index contributed by atoms with van der Waals surface area (Å²) in [6.45, 7) is 6.66. The first-order valence-electron chi connectivity index (χ1n) is 9.08. The zero-order chi connectivity index (χ0) is 19.4.